The van der Waals surface area contributed by atoms with Gasteiger partial charge in [-0.3, -0.25) is 4.79 Å². The van der Waals surface area contributed by atoms with Crippen molar-refractivity contribution >= 4 is 12.0 Å². The van der Waals surface area contributed by atoms with Crippen molar-refractivity contribution < 1.29 is 19.0 Å². The SMILES string of the molecule is CCCOc1cccc(CCNC(=O)/C=C/c2ccc(OC)c(OC)c2)c1. The maximum atomic E-state index is 12.0. The van der Waals surface area contributed by atoms with Crippen LogP contribution in [0.15, 0.2) is 48.5 Å². The number of ether oxygens (including phenoxy) is 3. The van der Waals surface area contributed by atoms with Gasteiger partial charge in [-0.1, -0.05) is 25.1 Å². The second-order valence-electron chi connectivity index (χ2n) is 5.98. The zero-order chi connectivity index (χ0) is 19.5. The third-order valence-corrected chi connectivity index (χ3v) is 3.92. The largest absolute Gasteiger partial charge is 0.494 e. The van der Waals surface area contributed by atoms with E-state index in [0.29, 0.717) is 24.7 Å². The van der Waals surface area contributed by atoms with Gasteiger partial charge in [0, 0.05) is 12.6 Å². The van der Waals surface area contributed by atoms with Crippen LogP contribution in [-0.2, 0) is 11.2 Å². The third-order valence-electron chi connectivity index (χ3n) is 3.92. The molecule has 27 heavy (non-hydrogen) atoms. The van der Waals surface area contributed by atoms with Gasteiger partial charge in [0.25, 0.3) is 0 Å². The Morgan fingerprint density at radius 3 is 2.63 bits per heavy atom. The summed E-state index contributed by atoms with van der Waals surface area (Å²) in [5.41, 5.74) is 2.00. The third kappa shape index (κ3) is 6.70. The Balaban J connectivity index is 1.83. The van der Waals surface area contributed by atoms with E-state index in [1.807, 2.05) is 42.5 Å². The fourth-order valence-corrected chi connectivity index (χ4v) is 2.53. The molecule has 0 aliphatic heterocycles. The average Bonchev–Trinajstić information content (AvgIpc) is 2.70. The van der Waals surface area contributed by atoms with Crippen LogP contribution in [0.3, 0.4) is 0 Å². The molecule has 144 valence electrons. The number of nitrogens with one attached hydrogen (secondary N) is 1. The molecule has 0 spiro atoms. The van der Waals surface area contributed by atoms with Crippen molar-refractivity contribution in [3.05, 3.63) is 59.7 Å². The van der Waals surface area contributed by atoms with Gasteiger partial charge < -0.3 is 19.5 Å². The first-order valence-corrected chi connectivity index (χ1v) is 9.06. The zero-order valence-electron chi connectivity index (χ0n) is 16.2. The summed E-state index contributed by atoms with van der Waals surface area (Å²) in [5.74, 6) is 2.02. The molecule has 0 aromatic heterocycles. The van der Waals surface area contributed by atoms with Crippen LogP contribution < -0.4 is 19.5 Å². The van der Waals surface area contributed by atoms with Crippen molar-refractivity contribution in [1.82, 2.24) is 5.32 Å². The summed E-state index contributed by atoms with van der Waals surface area (Å²) < 4.78 is 16.1. The van der Waals surface area contributed by atoms with Gasteiger partial charge >= 0.3 is 0 Å². The van der Waals surface area contributed by atoms with Crippen molar-refractivity contribution in [2.45, 2.75) is 19.8 Å². The zero-order valence-corrected chi connectivity index (χ0v) is 16.2. The minimum absolute atomic E-state index is 0.136. The van der Waals surface area contributed by atoms with E-state index < -0.39 is 0 Å². The predicted molar refractivity (Wildman–Crippen MR) is 108 cm³/mol. The number of hydrogen-bond donors (Lipinski definition) is 1. The van der Waals surface area contributed by atoms with Crippen LogP contribution >= 0.6 is 0 Å². The van der Waals surface area contributed by atoms with E-state index in [1.165, 1.54) is 6.08 Å². The van der Waals surface area contributed by atoms with Crippen molar-refractivity contribution in [3.8, 4) is 17.2 Å². The molecular formula is C22H27NO4. The molecule has 5 heteroatoms. The predicted octanol–water partition coefficient (Wildman–Crippen LogP) is 3.86. The summed E-state index contributed by atoms with van der Waals surface area (Å²) in [6.07, 6.45) is 4.99. The van der Waals surface area contributed by atoms with Crippen LogP contribution in [0.1, 0.15) is 24.5 Å². The monoisotopic (exact) mass is 369 g/mol. The van der Waals surface area contributed by atoms with Crippen molar-refractivity contribution in [1.29, 1.82) is 0 Å². The lowest BCUT2D eigenvalue weighted by Gasteiger charge is -2.08. The highest BCUT2D eigenvalue weighted by atomic mass is 16.5. The first kappa shape index (κ1) is 20.4. The number of amides is 1. The smallest absolute Gasteiger partial charge is 0.244 e. The Morgan fingerprint density at radius 1 is 1.07 bits per heavy atom. The van der Waals surface area contributed by atoms with Gasteiger partial charge in [0.05, 0.1) is 20.8 Å². The molecule has 0 bridgehead atoms. The van der Waals surface area contributed by atoms with Crippen LogP contribution in [0, 0.1) is 0 Å². The maximum Gasteiger partial charge on any atom is 0.244 e. The molecule has 5 nitrogen and oxygen atoms in total. The molecule has 0 atom stereocenters. The number of carbonyl (C=O) groups is 1. The van der Waals surface area contributed by atoms with Crippen LogP contribution in [0.2, 0.25) is 0 Å². The van der Waals surface area contributed by atoms with E-state index in [4.69, 9.17) is 14.2 Å². The van der Waals surface area contributed by atoms with Crippen LogP contribution in [0.5, 0.6) is 17.2 Å². The fourth-order valence-electron chi connectivity index (χ4n) is 2.53. The summed E-state index contributed by atoms with van der Waals surface area (Å²) >= 11 is 0. The number of rotatable bonds is 10. The summed E-state index contributed by atoms with van der Waals surface area (Å²) in [6, 6.07) is 13.5. The molecule has 0 saturated heterocycles. The molecule has 0 saturated carbocycles. The topological polar surface area (TPSA) is 56.8 Å². The first-order chi connectivity index (χ1) is 13.2. The van der Waals surface area contributed by atoms with Gasteiger partial charge in [-0.05, 0) is 54.3 Å². The quantitative estimate of drug-likeness (QED) is 0.646. The van der Waals surface area contributed by atoms with Gasteiger partial charge in [0.15, 0.2) is 11.5 Å². The number of methoxy groups -OCH3 is 2. The summed E-state index contributed by atoms with van der Waals surface area (Å²) in [7, 11) is 3.17. The molecule has 0 unspecified atom stereocenters. The Bertz CT molecular complexity index is 771. The number of benzene rings is 2. The normalized spacial score (nSPS) is 10.6. The number of hydrogen-bond acceptors (Lipinski definition) is 4. The summed E-state index contributed by atoms with van der Waals surface area (Å²) in [6.45, 7) is 3.35. The highest BCUT2D eigenvalue weighted by Crippen LogP contribution is 2.27. The summed E-state index contributed by atoms with van der Waals surface area (Å²) in [4.78, 5) is 12.0. The second kappa shape index (κ2) is 10.9. The second-order valence-corrected chi connectivity index (χ2v) is 5.98. The van der Waals surface area contributed by atoms with Crippen molar-refractivity contribution in [2.24, 2.45) is 0 Å². The molecule has 2 rings (SSSR count). The average molecular weight is 369 g/mol. The van der Waals surface area contributed by atoms with E-state index in [-0.39, 0.29) is 5.91 Å². The minimum atomic E-state index is -0.136. The minimum Gasteiger partial charge on any atom is -0.494 e. The molecule has 0 aliphatic rings. The van der Waals surface area contributed by atoms with Crippen molar-refractivity contribution in [2.75, 3.05) is 27.4 Å². The Labute approximate surface area is 161 Å². The van der Waals surface area contributed by atoms with Gasteiger partial charge in [-0.15, -0.1) is 0 Å². The van der Waals surface area contributed by atoms with Crippen LogP contribution in [0.4, 0.5) is 0 Å². The van der Waals surface area contributed by atoms with Gasteiger partial charge in [-0.2, -0.15) is 0 Å². The fraction of sp³-hybridized carbons (Fsp3) is 0.318. The Morgan fingerprint density at radius 2 is 1.89 bits per heavy atom. The summed E-state index contributed by atoms with van der Waals surface area (Å²) in [5, 5.41) is 2.89. The van der Waals surface area contributed by atoms with Crippen molar-refractivity contribution in [3.63, 3.8) is 0 Å². The first-order valence-electron chi connectivity index (χ1n) is 9.06. The van der Waals surface area contributed by atoms with Gasteiger partial charge in [0.2, 0.25) is 5.91 Å². The van der Waals surface area contributed by atoms with E-state index >= 15 is 0 Å². The molecule has 0 heterocycles. The molecule has 1 N–H and O–H groups in total. The van der Waals surface area contributed by atoms with Gasteiger partial charge in [0.1, 0.15) is 5.75 Å². The molecular weight excluding hydrogens is 342 g/mol. The van der Waals surface area contributed by atoms with E-state index in [1.54, 1.807) is 20.3 Å². The molecule has 0 radical (unpaired) electrons. The van der Waals surface area contributed by atoms with Crippen LogP contribution in [0.25, 0.3) is 6.08 Å². The molecule has 0 aliphatic carbocycles. The maximum absolute atomic E-state index is 12.0. The highest BCUT2D eigenvalue weighted by Gasteiger charge is 2.03. The molecule has 2 aromatic carbocycles. The van der Waals surface area contributed by atoms with E-state index in [9.17, 15) is 4.79 Å². The highest BCUT2D eigenvalue weighted by molar-refractivity contribution is 5.91. The molecule has 2 aromatic rings. The lowest BCUT2D eigenvalue weighted by molar-refractivity contribution is -0.116. The van der Waals surface area contributed by atoms with E-state index in [0.717, 1.165) is 29.7 Å². The molecule has 0 fully saturated rings. The van der Waals surface area contributed by atoms with Gasteiger partial charge in [-0.25, -0.2) is 0 Å². The Kier molecular flexibility index (Phi) is 8.23. The van der Waals surface area contributed by atoms with E-state index in [2.05, 4.69) is 12.2 Å². The van der Waals surface area contributed by atoms with Crippen LogP contribution in [-0.4, -0.2) is 33.3 Å². The lowest BCUT2D eigenvalue weighted by Crippen LogP contribution is -2.23. The standard InChI is InChI=1S/C22H27NO4/c1-4-14-27-19-7-5-6-17(15-19)12-13-23-22(24)11-9-18-8-10-20(25-2)21(16-18)26-3/h5-11,15-16H,4,12-14H2,1-3H3,(H,23,24)/b11-9+. The number of carbonyl (C=O) groups excluding carboxylic acids is 1. The lowest BCUT2D eigenvalue weighted by atomic mass is 10.1. The Hall–Kier alpha value is -2.95. The molecule has 1 amide bonds.